The molecule has 1 aliphatic heterocycles. The first-order chi connectivity index (χ1) is 17.9. The van der Waals surface area contributed by atoms with Crippen LogP contribution in [0, 0.1) is 18.7 Å². The summed E-state index contributed by atoms with van der Waals surface area (Å²) in [6.07, 6.45) is 9.83. The van der Waals surface area contributed by atoms with Gasteiger partial charge in [-0.05, 0) is 50.7 Å². The van der Waals surface area contributed by atoms with Gasteiger partial charge < -0.3 is 19.7 Å². The van der Waals surface area contributed by atoms with E-state index < -0.39 is 11.7 Å². The lowest BCUT2D eigenvalue weighted by molar-refractivity contribution is 0.0933. The van der Waals surface area contributed by atoms with Crippen molar-refractivity contribution in [3.63, 3.8) is 0 Å². The molecule has 0 spiro atoms. The highest BCUT2D eigenvalue weighted by Gasteiger charge is 2.21. The molecule has 37 heavy (non-hydrogen) atoms. The molecule has 0 radical (unpaired) electrons. The fourth-order valence-corrected chi connectivity index (χ4v) is 4.62. The van der Waals surface area contributed by atoms with Crippen LogP contribution >= 0.6 is 0 Å². The van der Waals surface area contributed by atoms with E-state index >= 15 is 0 Å². The number of rotatable bonds is 11. The third-order valence-electron chi connectivity index (χ3n) is 6.66. The van der Waals surface area contributed by atoms with Gasteiger partial charge in [0.2, 0.25) is 5.95 Å². The van der Waals surface area contributed by atoms with Crippen LogP contribution in [-0.4, -0.2) is 65.6 Å². The van der Waals surface area contributed by atoms with Crippen LogP contribution in [0.15, 0.2) is 36.8 Å². The number of carbonyl (C=O) groups excluding carboxylic acids is 1. The molecular formula is C27H35FN6O3. The Bertz CT molecular complexity index is 1180. The second kappa shape index (κ2) is 12.6. The maximum absolute atomic E-state index is 14.3. The SMILES string of the molecule is COCCNC(=O)c1ccc(OCCCC2CCN(c3ncc(-c4cn(C)nc4C)cn3)CC2)cc1F. The number of carbonyl (C=O) groups is 1. The average Bonchev–Trinajstić information content (AvgIpc) is 3.25. The van der Waals surface area contributed by atoms with Gasteiger partial charge >= 0.3 is 0 Å². The molecule has 10 heteroatoms. The third kappa shape index (κ3) is 7.03. The number of benzene rings is 1. The molecule has 1 amide bonds. The Balaban J connectivity index is 1.17. The number of aryl methyl sites for hydroxylation is 2. The predicted molar refractivity (Wildman–Crippen MR) is 139 cm³/mol. The normalized spacial score (nSPS) is 14.1. The number of nitrogens with one attached hydrogen (secondary N) is 1. The Kier molecular flexibility index (Phi) is 9.05. The van der Waals surface area contributed by atoms with E-state index in [0.29, 0.717) is 31.4 Å². The van der Waals surface area contributed by atoms with E-state index in [2.05, 4.69) is 25.3 Å². The molecule has 0 saturated carbocycles. The zero-order chi connectivity index (χ0) is 26.2. The Morgan fingerprint density at radius 1 is 1.19 bits per heavy atom. The van der Waals surface area contributed by atoms with Gasteiger partial charge in [0.15, 0.2) is 0 Å². The second-order valence-corrected chi connectivity index (χ2v) is 9.39. The van der Waals surface area contributed by atoms with Gasteiger partial charge in [-0.1, -0.05) is 0 Å². The Labute approximate surface area is 217 Å². The summed E-state index contributed by atoms with van der Waals surface area (Å²) in [5.74, 6) is 0.767. The lowest BCUT2D eigenvalue weighted by atomic mass is 9.92. The second-order valence-electron chi connectivity index (χ2n) is 9.39. The first-order valence-corrected chi connectivity index (χ1v) is 12.7. The highest BCUT2D eigenvalue weighted by atomic mass is 19.1. The van der Waals surface area contributed by atoms with E-state index in [4.69, 9.17) is 9.47 Å². The van der Waals surface area contributed by atoms with Gasteiger partial charge in [0.05, 0.1) is 24.5 Å². The molecule has 198 valence electrons. The molecule has 9 nitrogen and oxygen atoms in total. The largest absolute Gasteiger partial charge is 0.493 e. The highest BCUT2D eigenvalue weighted by molar-refractivity contribution is 5.94. The van der Waals surface area contributed by atoms with E-state index in [0.717, 1.165) is 61.5 Å². The van der Waals surface area contributed by atoms with Gasteiger partial charge in [-0.15, -0.1) is 0 Å². The molecular weight excluding hydrogens is 475 g/mol. The zero-order valence-electron chi connectivity index (χ0n) is 21.7. The molecule has 3 heterocycles. The summed E-state index contributed by atoms with van der Waals surface area (Å²) in [5, 5.41) is 7.00. The molecule has 0 atom stereocenters. The smallest absolute Gasteiger partial charge is 0.254 e. The van der Waals surface area contributed by atoms with Gasteiger partial charge in [-0.3, -0.25) is 9.48 Å². The van der Waals surface area contributed by atoms with Crippen molar-refractivity contribution in [1.29, 1.82) is 0 Å². The number of aromatic nitrogens is 4. The standard InChI is InChI=1S/C27H35FN6O3/c1-19-24(18-33(2)32-19)21-16-30-27(31-17-21)34-11-8-20(9-12-34)5-4-13-37-22-6-7-23(25(28)15-22)26(35)29-10-14-36-3/h6-7,15-18,20H,4-5,8-14H2,1-3H3,(H,29,35). The van der Waals surface area contributed by atoms with Gasteiger partial charge in [-0.2, -0.15) is 5.10 Å². The van der Waals surface area contributed by atoms with E-state index in [1.165, 1.54) is 12.1 Å². The quantitative estimate of drug-likeness (QED) is 0.393. The fraction of sp³-hybridized carbons (Fsp3) is 0.481. The lowest BCUT2D eigenvalue weighted by Gasteiger charge is -2.32. The number of nitrogens with zero attached hydrogens (tertiary/aromatic N) is 5. The molecule has 1 aliphatic rings. The van der Waals surface area contributed by atoms with Crippen LogP contribution in [-0.2, 0) is 11.8 Å². The minimum absolute atomic E-state index is 0.000945. The molecule has 0 aliphatic carbocycles. The van der Waals surface area contributed by atoms with Crippen molar-refractivity contribution in [2.45, 2.75) is 32.6 Å². The van der Waals surface area contributed by atoms with E-state index in [-0.39, 0.29) is 5.56 Å². The van der Waals surface area contributed by atoms with E-state index in [1.807, 2.05) is 32.6 Å². The number of hydrogen-bond donors (Lipinski definition) is 1. The van der Waals surface area contributed by atoms with Crippen molar-refractivity contribution in [3.05, 3.63) is 53.9 Å². The molecule has 1 N–H and O–H groups in total. The maximum Gasteiger partial charge on any atom is 0.254 e. The number of ether oxygens (including phenoxy) is 2. The van der Waals surface area contributed by atoms with E-state index in [9.17, 15) is 9.18 Å². The van der Waals surface area contributed by atoms with Crippen molar-refractivity contribution >= 4 is 11.9 Å². The number of amides is 1. The number of hydrogen-bond acceptors (Lipinski definition) is 7. The molecule has 0 bridgehead atoms. The van der Waals surface area contributed by atoms with Crippen LogP contribution in [0.2, 0.25) is 0 Å². The number of methoxy groups -OCH3 is 1. The summed E-state index contributed by atoms with van der Waals surface area (Å²) in [6.45, 7) is 5.06. The molecule has 1 saturated heterocycles. The summed E-state index contributed by atoms with van der Waals surface area (Å²) in [5.41, 5.74) is 2.99. The van der Waals surface area contributed by atoms with Gasteiger partial charge in [0, 0.05) is 69.6 Å². The Morgan fingerprint density at radius 3 is 2.59 bits per heavy atom. The number of anilines is 1. The Hall–Kier alpha value is -3.53. The molecule has 1 fully saturated rings. The minimum Gasteiger partial charge on any atom is -0.493 e. The third-order valence-corrected chi connectivity index (χ3v) is 6.66. The molecule has 1 aromatic carbocycles. The van der Waals surface area contributed by atoms with Crippen LogP contribution in [0.5, 0.6) is 5.75 Å². The lowest BCUT2D eigenvalue weighted by Crippen LogP contribution is -2.34. The average molecular weight is 511 g/mol. The van der Waals surface area contributed by atoms with Crippen molar-refractivity contribution in [1.82, 2.24) is 25.1 Å². The van der Waals surface area contributed by atoms with Crippen LogP contribution in [0.25, 0.3) is 11.1 Å². The topological polar surface area (TPSA) is 94.4 Å². The van der Waals surface area contributed by atoms with E-state index in [1.54, 1.807) is 17.9 Å². The van der Waals surface area contributed by atoms with Crippen molar-refractivity contribution in [2.24, 2.45) is 13.0 Å². The predicted octanol–water partition coefficient (Wildman–Crippen LogP) is 3.78. The highest BCUT2D eigenvalue weighted by Crippen LogP contribution is 2.26. The first kappa shape index (κ1) is 26.5. The molecule has 4 rings (SSSR count). The maximum atomic E-state index is 14.3. The van der Waals surface area contributed by atoms with Gasteiger partial charge in [0.25, 0.3) is 5.91 Å². The summed E-state index contributed by atoms with van der Waals surface area (Å²) in [6, 6.07) is 4.35. The Morgan fingerprint density at radius 2 is 1.95 bits per heavy atom. The minimum atomic E-state index is -0.592. The number of piperidine rings is 1. The van der Waals surface area contributed by atoms with Crippen LogP contribution < -0.4 is 15.0 Å². The monoisotopic (exact) mass is 510 g/mol. The first-order valence-electron chi connectivity index (χ1n) is 12.7. The van der Waals surface area contributed by atoms with Crippen molar-refractivity contribution in [3.8, 4) is 16.9 Å². The molecule has 3 aromatic rings. The van der Waals surface area contributed by atoms with Crippen molar-refractivity contribution in [2.75, 3.05) is 44.9 Å². The zero-order valence-corrected chi connectivity index (χ0v) is 21.7. The summed E-state index contributed by atoms with van der Waals surface area (Å²) >= 11 is 0. The fourth-order valence-electron chi connectivity index (χ4n) is 4.62. The van der Waals surface area contributed by atoms with Crippen LogP contribution in [0.3, 0.4) is 0 Å². The van der Waals surface area contributed by atoms with Crippen LogP contribution in [0.4, 0.5) is 10.3 Å². The molecule has 0 unspecified atom stereocenters. The summed E-state index contributed by atoms with van der Waals surface area (Å²) < 4.78 is 26.7. The summed E-state index contributed by atoms with van der Waals surface area (Å²) in [7, 11) is 3.45. The van der Waals surface area contributed by atoms with Crippen molar-refractivity contribution < 1.29 is 18.7 Å². The van der Waals surface area contributed by atoms with Gasteiger partial charge in [0.1, 0.15) is 11.6 Å². The van der Waals surface area contributed by atoms with Gasteiger partial charge in [-0.25, -0.2) is 14.4 Å². The summed E-state index contributed by atoms with van der Waals surface area (Å²) in [4.78, 5) is 23.5. The number of halogens is 1. The van der Waals surface area contributed by atoms with Crippen LogP contribution in [0.1, 0.15) is 41.7 Å². The molecule has 2 aromatic heterocycles.